The molecule has 0 N–H and O–H groups in total. The zero-order valence-electron chi connectivity index (χ0n) is 6.54. The van der Waals surface area contributed by atoms with Crippen molar-refractivity contribution in [3.8, 4) is 0 Å². The number of carbonyl (C=O) groups is 2. The van der Waals surface area contributed by atoms with Gasteiger partial charge in [0, 0.05) is 18.4 Å². The molecule has 0 bridgehead atoms. The van der Waals surface area contributed by atoms with Crippen LogP contribution in [0.25, 0.3) is 0 Å². The molecule has 60 valence electrons. The minimum atomic E-state index is 0.0607. The Morgan fingerprint density at radius 1 is 1.00 bits per heavy atom. The zero-order valence-corrected chi connectivity index (χ0v) is 6.54. The summed E-state index contributed by atoms with van der Waals surface area (Å²) in [6, 6.07) is 0. The number of carbonyl (C=O) groups excluding carboxylic acids is 2. The smallest absolute Gasteiger partial charge is 0.166 e. The van der Waals surface area contributed by atoms with Gasteiger partial charge in [-0.05, 0) is 11.6 Å². The Morgan fingerprint density at radius 2 is 1.83 bits per heavy atom. The Kier molecular flexibility index (Phi) is 1.54. The van der Waals surface area contributed by atoms with E-state index < -0.39 is 0 Å². The van der Waals surface area contributed by atoms with Crippen LogP contribution in [0, 0.1) is 0 Å². The van der Waals surface area contributed by atoms with Gasteiger partial charge in [-0.3, -0.25) is 9.59 Å². The molecule has 0 atom stereocenters. The molecule has 0 radical (unpaired) electrons. The maximum atomic E-state index is 11.2. The Labute approximate surface area is 70.3 Å². The summed E-state index contributed by atoms with van der Waals surface area (Å²) in [5.74, 6) is 0.190. The van der Waals surface area contributed by atoms with Gasteiger partial charge in [0.25, 0.3) is 0 Å². The molecular weight excluding hydrogens is 152 g/mol. The van der Waals surface area contributed by atoms with Crippen molar-refractivity contribution in [2.24, 2.45) is 0 Å². The molecule has 2 aliphatic carbocycles. The van der Waals surface area contributed by atoms with Gasteiger partial charge >= 0.3 is 0 Å². The summed E-state index contributed by atoms with van der Waals surface area (Å²) < 4.78 is 0. The van der Waals surface area contributed by atoms with E-state index in [-0.39, 0.29) is 11.6 Å². The highest BCUT2D eigenvalue weighted by Gasteiger charge is 2.19. The lowest BCUT2D eigenvalue weighted by Crippen LogP contribution is -1.94. The first-order chi connectivity index (χ1) is 5.77. The number of ketones is 2. The Balaban J connectivity index is 2.44. The summed E-state index contributed by atoms with van der Waals surface area (Å²) in [7, 11) is 0. The van der Waals surface area contributed by atoms with Gasteiger partial charge in [-0.2, -0.15) is 0 Å². The molecular formula is C10H8O2. The molecule has 2 nitrogen and oxygen atoms in total. The van der Waals surface area contributed by atoms with Crippen LogP contribution in [0.1, 0.15) is 12.8 Å². The Hall–Kier alpha value is -1.44. The first kappa shape index (κ1) is 7.22. The molecule has 0 saturated heterocycles. The summed E-state index contributed by atoms with van der Waals surface area (Å²) in [5, 5.41) is 0. The second-order valence-corrected chi connectivity index (χ2v) is 2.91. The van der Waals surface area contributed by atoms with Crippen molar-refractivity contribution >= 4 is 11.6 Å². The third-order valence-corrected chi connectivity index (χ3v) is 2.07. The predicted octanol–water partition coefficient (Wildman–Crippen LogP) is 1.34. The van der Waals surface area contributed by atoms with E-state index in [1.807, 2.05) is 6.08 Å². The minimum absolute atomic E-state index is 0.0607. The van der Waals surface area contributed by atoms with E-state index in [4.69, 9.17) is 0 Å². The highest BCUT2D eigenvalue weighted by atomic mass is 16.1. The van der Waals surface area contributed by atoms with Gasteiger partial charge < -0.3 is 0 Å². The Morgan fingerprint density at radius 3 is 2.67 bits per heavy atom. The van der Waals surface area contributed by atoms with E-state index in [2.05, 4.69) is 0 Å². The molecule has 12 heavy (non-hydrogen) atoms. The van der Waals surface area contributed by atoms with Crippen LogP contribution in [0.3, 0.4) is 0 Å². The molecule has 0 aliphatic heterocycles. The lowest BCUT2D eigenvalue weighted by Gasteiger charge is -1.93. The van der Waals surface area contributed by atoms with Crippen LogP contribution in [0.5, 0.6) is 0 Å². The zero-order chi connectivity index (χ0) is 8.55. The van der Waals surface area contributed by atoms with E-state index in [0.29, 0.717) is 12.8 Å². The van der Waals surface area contributed by atoms with Gasteiger partial charge in [0.1, 0.15) is 0 Å². The van der Waals surface area contributed by atoms with E-state index >= 15 is 0 Å². The van der Waals surface area contributed by atoms with Crippen LogP contribution in [0.4, 0.5) is 0 Å². The van der Waals surface area contributed by atoms with Gasteiger partial charge in [-0.1, -0.05) is 18.2 Å². The van der Waals surface area contributed by atoms with Crippen molar-refractivity contribution < 1.29 is 9.59 Å². The van der Waals surface area contributed by atoms with Crippen LogP contribution >= 0.6 is 0 Å². The molecule has 0 saturated carbocycles. The molecule has 0 aromatic heterocycles. The second kappa shape index (κ2) is 2.55. The van der Waals surface area contributed by atoms with Gasteiger partial charge in [0.2, 0.25) is 0 Å². The first-order valence-corrected chi connectivity index (χ1v) is 3.92. The average Bonchev–Trinajstić information content (AvgIpc) is 2.28. The standard InChI is InChI=1S/C10H8O2/c11-8-3-1-7-2-6-10(12)9(7)5-4-8/h1-3,5H,4,6H2. The van der Waals surface area contributed by atoms with Gasteiger partial charge in [-0.25, -0.2) is 0 Å². The topological polar surface area (TPSA) is 34.1 Å². The lowest BCUT2D eigenvalue weighted by atomic mass is 10.1. The number of fused-ring (bicyclic) bond motifs is 1. The molecule has 0 spiro atoms. The molecule has 2 rings (SSSR count). The molecule has 0 fully saturated rings. The number of allylic oxidation sites excluding steroid dienone is 6. The van der Waals surface area contributed by atoms with Crippen LogP contribution in [0.15, 0.2) is 35.5 Å². The highest BCUT2D eigenvalue weighted by molar-refractivity contribution is 6.06. The van der Waals surface area contributed by atoms with E-state index in [9.17, 15) is 9.59 Å². The third kappa shape index (κ3) is 1.05. The summed E-state index contributed by atoms with van der Waals surface area (Å²) in [6.07, 6.45) is 7.70. The van der Waals surface area contributed by atoms with Gasteiger partial charge in [0.05, 0.1) is 0 Å². The fourth-order valence-corrected chi connectivity index (χ4v) is 1.43. The van der Waals surface area contributed by atoms with Gasteiger partial charge in [-0.15, -0.1) is 0 Å². The molecule has 0 heterocycles. The number of hydrogen-bond donors (Lipinski definition) is 0. The van der Waals surface area contributed by atoms with Crippen LogP contribution in [-0.2, 0) is 9.59 Å². The lowest BCUT2D eigenvalue weighted by molar-refractivity contribution is -0.114. The first-order valence-electron chi connectivity index (χ1n) is 3.92. The molecule has 0 aromatic carbocycles. The summed E-state index contributed by atoms with van der Waals surface area (Å²) in [5.41, 5.74) is 1.63. The SMILES string of the molecule is O=C1C=CC2=CCC(=O)C2=CC1. The summed E-state index contributed by atoms with van der Waals surface area (Å²) in [4.78, 5) is 22.2. The quantitative estimate of drug-likeness (QED) is 0.536. The maximum absolute atomic E-state index is 11.2. The molecule has 0 amide bonds. The second-order valence-electron chi connectivity index (χ2n) is 2.91. The van der Waals surface area contributed by atoms with E-state index in [1.165, 1.54) is 6.08 Å². The molecule has 2 aliphatic rings. The summed E-state index contributed by atoms with van der Waals surface area (Å²) >= 11 is 0. The van der Waals surface area contributed by atoms with E-state index in [1.54, 1.807) is 12.2 Å². The van der Waals surface area contributed by atoms with Crippen molar-refractivity contribution in [2.45, 2.75) is 12.8 Å². The highest BCUT2D eigenvalue weighted by Crippen LogP contribution is 2.25. The maximum Gasteiger partial charge on any atom is 0.166 e. The number of rotatable bonds is 0. The van der Waals surface area contributed by atoms with Gasteiger partial charge in [0.15, 0.2) is 11.6 Å². The van der Waals surface area contributed by atoms with Crippen molar-refractivity contribution in [2.75, 3.05) is 0 Å². The van der Waals surface area contributed by atoms with Crippen molar-refractivity contribution in [3.05, 3.63) is 35.5 Å². The van der Waals surface area contributed by atoms with Crippen LogP contribution < -0.4 is 0 Å². The predicted molar refractivity (Wildman–Crippen MR) is 44.6 cm³/mol. The minimum Gasteiger partial charge on any atom is -0.295 e. The van der Waals surface area contributed by atoms with Crippen molar-refractivity contribution in [1.29, 1.82) is 0 Å². The average molecular weight is 160 g/mol. The normalized spacial score (nSPS) is 21.7. The van der Waals surface area contributed by atoms with Crippen molar-refractivity contribution in [1.82, 2.24) is 0 Å². The monoisotopic (exact) mass is 160 g/mol. The van der Waals surface area contributed by atoms with Crippen LogP contribution in [-0.4, -0.2) is 11.6 Å². The molecule has 0 unspecified atom stereocenters. The number of Topliss-reactive ketones (excluding diaryl/α,β-unsaturated/α-hetero) is 1. The van der Waals surface area contributed by atoms with Crippen molar-refractivity contribution in [3.63, 3.8) is 0 Å². The Bertz CT molecular complexity index is 343. The number of hydrogen-bond acceptors (Lipinski definition) is 2. The fraction of sp³-hybridized carbons (Fsp3) is 0.200. The third-order valence-electron chi connectivity index (χ3n) is 2.07. The molecule has 2 heteroatoms. The van der Waals surface area contributed by atoms with Crippen LogP contribution in [0.2, 0.25) is 0 Å². The van der Waals surface area contributed by atoms with E-state index in [0.717, 1.165) is 11.1 Å². The molecule has 0 aromatic rings. The fourth-order valence-electron chi connectivity index (χ4n) is 1.43. The summed E-state index contributed by atoms with van der Waals surface area (Å²) in [6.45, 7) is 0. The largest absolute Gasteiger partial charge is 0.295 e.